The maximum atomic E-state index is 13.3. The molecule has 1 unspecified atom stereocenters. The SMILES string of the molecule is O=C1CSC(c2ccc(F)c(Cl)c2)N1CCc1cccs1. The highest BCUT2D eigenvalue weighted by atomic mass is 35.5. The Hall–Kier alpha value is -1.04. The molecule has 0 N–H and O–H groups in total. The van der Waals surface area contributed by atoms with Crippen LogP contribution in [-0.4, -0.2) is 23.1 Å². The lowest BCUT2D eigenvalue weighted by Gasteiger charge is -2.24. The summed E-state index contributed by atoms with van der Waals surface area (Å²) < 4.78 is 13.3. The minimum absolute atomic E-state index is 0.0736. The van der Waals surface area contributed by atoms with Gasteiger partial charge < -0.3 is 4.90 Å². The number of amides is 1. The summed E-state index contributed by atoms with van der Waals surface area (Å²) in [6.07, 6.45) is 0.843. The average molecular weight is 342 g/mol. The number of thiophene rings is 1. The fourth-order valence-corrected chi connectivity index (χ4v) is 4.42. The highest BCUT2D eigenvalue weighted by molar-refractivity contribution is 8.00. The number of halogens is 2. The van der Waals surface area contributed by atoms with Crippen LogP contribution in [0.2, 0.25) is 5.02 Å². The molecule has 0 bridgehead atoms. The van der Waals surface area contributed by atoms with Gasteiger partial charge in [-0.2, -0.15) is 0 Å². The summed E-state index contributed by atoms with van der Waals surface area (Å²) in [7, 11) is 0. The van der Waals surface area contributed by atoms with Crippen LogP contribution in [0.5, 0.6) is 0 Å². The molecule has 1 saturated heterocycles. The number of rotatable bonds is 4. The first-order chi connectivity index (χ1) is 10.1. The van der Waals surface area contributed by atoms with Crippen molar-refractivity contribution in [2.45, 2.75) is 11.8 Å². The van der Waals surface area contributed by atoms with E-state index in [0.29, 0.717) is 12.3 Å². The van der Waals surface area contributed by atoms with Crippen LogP contribution >= 0.6 is 34.7 Å². The number of hydrogen-bond donors (Lipinski definition) is 0. The van der Waals surface area contributed by atoms with E-state index in [1.165, 1.54) is 10.9 Å². The summed E-state index contributed by atoms with van der Waals surface area (Å²) in [5, 5.41) is 2.06. The second-order valence-corrected chi connectivity index (χ2v) is 7.26. The second-order valence-electron chi connectivity index (χ2n) is 4.75. The van der Waals surface area contributed by atoms with Gasteiger partial charge in [0.25, 0.3) is 0 Å². The van der Waals surface area contributed by atoms with Gasteiger partial charge in [-0.15, -0.1) is 23.1 Å². The van der Waals surface area contributed by atoms with E-state index >= 15 is 0 Å². The van der Waals surface area contributed by atoms with Crippen molar-refractivity contribution in [3.8, 4) is 0 Å². The normalized spacial score (nSPS) is 18.5. The number of benzene rings is 1. The number of hydrogen-bond acceptors (Lipinski definition) is 3. The predicted molar refractivity (Wildman–Crippen MR) is 86.3 cm³/mol. The molecule has 0 radical (unpaired) electrons. The van der Waals surface area contributed by atoms with Crippen molar-refractivity contribution in [2.24, 2.45) is 0 Å². The maximum Gasteiger partial charge on any atom is 0.233 e. The second kappa shape index (κ2) is 6.38. The fraction of sp³-hybridized carbons (Fsp3) is 0.267. The first-order valence-corrected chi connectivity index (χ1v) is 8.84. The lowest BCUT2D eigenvalue weighted by molar-refractivity contribution is -0.128. The van der Waals surface area contributed by atoms with Gasteiger partial charge in [0.15, 0.2) is 0 Å². The van der Waals surface area contributed by atoms with Crippen molar-refractivity contribution in [3.63, 3.8) is 0 Å². The molecule has 6 heteroatoms. The predicted octanol–water partition coefficient (Wildman–Crippen LogP) is 4.36. The molecule has 1 amide bonds. The van der Waals surface area contributed by atoms with E-state index in [9.17, 15) is 9.18 Å². The van der Waals surface area contributed by atoms with Crippen LogP contribution < -0.4 is 0 Å². The number of nitrogens with zero attached hydrogens (tertiary/aromatic N) is 1. The molecule has 110 valence electrons. The maximum absolute atomic E-state index is 13.3. The largest absolute Gasteiger partial charge is 0.325 e. The molecule has 1 fully saturated rings. The third-order valence-electron chi connectivity index (χ3n) is 3.38. The summed E-state index contributed by atoms with van der Waals surface area (Å²) in [5.41, 5.74) is 0.878. The quantitative estimate of drug-likeness (QED) is 0.823. The first-order valence-electron chi connectivity index (χ1n) is 6.53. The monoisotopic (exact) mass is 341 g/mol. The molecule has 1 atom stereocenters. The van der Waals surface area contributed by atoms with Crippen LogP contribution in [0.4, 0.5) is 4.39 Å². The van der Waals surface area contributed by atoms with Gasteiger partial charge in [0.05, 0.1) is 10.8 Å². The van der Waals surface area contributed by atoms with Gasteiger partial charge in [0.2, 0.25) is 5.91 Å². The van der Waals surface area contributed by atoms with Gasteiger partial charge in [-0.05, 0) is 35.6 Å². The molecule has 1 aromatic carbocycles. The van der Waals surface area contributed by atoms with Crippen molar-refractivity contribution in [2.75, 3.05) is 12.3 Å². The third-order valence-corrected chi connectivity index (χ3v) is 5.86. The third kappa shape index (κ3) is 3.25. The van der Waals surface area contributed by atoms with Crippen LogP contribution in [0.3, 0.4) is 0 Å². The van der Waals surface area contributed by atoms with E-state index in [1.54, 1.807) is 35.2 Å². The van der Waals surface area contributed by atoms with Crippen molar-refractivity contribution in [1.29, 1.82) is 0 Å². The molecular formula is C15H13ClFNOS2. The zero-order valence-corrected chi connectivity index (χ0v) is 13.5. The van der Waals surface area contributed by atoms with Crippen molar-refractivity contribution >= 4 is 40.6 Å². The average Bonchev–Trinajstić information content (AvgIpc) is 3.09. The molecule has 3 rings (SSSR count). The van der Waals surface area contributed by atoms with Crippen molar-refractivity contribution in [3.05, 3.63) is 57.0 Å². The standard InChI is InChI=1S/C15H13ClFNOS2/c16-12-8-10(3-4-13(12)17)15-18(14(19)9-21-15)6-5-11-2-1-7-20-11/h1-4,7-8,15H,5-6,9H2. The van der Waals surface area contributed by atoms with Gasteiger partial charge in [-0.3, -0.25) is 4.79 Å². The summed E-state index contributed by atoms with van der Waals surface area (Å²) in [5.74, 6) is 0.159. The molecule has 0 saturated carbocycles. The van der Waals surface area contributed by atoms with Crippen molar-refractivity contribution < 1.29 is 9.18 Å². The van der Waals surface area contributed by atoms with E-state index < -0.39 is 5.82 Å². The highest BCUT2D eigenvalue weighted by Gasteiger charge is 2.32. The molecule has 1 aliphatic rings. The van der Waals surface area contributed by atoms with Gasteiger partial charge in [-0.25, -0.2) is 4.39 Å². The summed E-state index contributed by atoms with van der Waals surface area (Å²) in [6, 6.07) is 8.76. The molecule has 0 aliphatic carbocycles. The highest BCUT2D eigenvalue weighted by Crippen LogP contribution is 2.39. The van der Waals surface area contributed by atoms with Crippen LogP contribution in [0.25, 0.3) is 0 Å². The Morgan fingerprint density at radius 1 is 1.38 bits per heavy atom. The fourth-order valence-electron chi connectivity index (χ4n) is 2.32. The van der Waals surface area contributed by atoms with E-state index in [4.69, 9.17) is 11.6 Å². The minimum Gasteiger partial charge on any atom is -0.325 e. The number of carbonyl (C=O) groups excluding carboxylic acids is 1. The Labute approximate surface area is 135 Å². The lowest BCUT2D eigenvalue weighted by atomic mass is 10.2. The molecule has 2 nitrogen and oxygen atoms in total. The van der Waals surface area contributed by atoms with Gasteiger partial charge >= 0.3 is 0 Å². The summed E-state index contributed by atoms with van der Waals surface area (Å²) in [6.45, 7) is 0.673. The van der Waals surface area contributed by atoms with Crippen LogP contribution in [-0.2, 0) is 11.2 Å². The van der Waals surface area contributed by atoms with E-state index in [-0.39, 0.29) is 16.3 Å². The Morgan fingerprint density at radius 2 is 2.24 bits per heavy atom. The smallest absolute Gasteiger partial charge is 0.233 e. The zero-order chi connectivity index (χ0) is 14.8. The van der Waals surface area contributed by atoms with Crippen LogP contribution in [0.1, 0.15) is 15.8 Å². The molecular weight excluding hydrogens is 329 g/mol. The summed E-state index contributed by atoms with van der Waals surface area (Å²) in [4.78, 5) is 15.2. The zero-order valence-electron chi connectivity index (χ0n) is 11.1. The number of thioether (sulfide) groups is 1. The number of carbonyl (C=O) groups is 1. The van der Waals surface area contributed by atoms with Gasteiger partial charge in [0, 0.05) is 11.4 Å². The van der Waals surface area contributed by atoms with E-state index in [2.05, 4.69) is 6.07 Å². The van der Waals surface area contributed by atoms with E-state index in [1.807, 2.05) is 16.3 Å². The molecule has 2 heterocycles. The van der Waals surface area contributed by atoms with Crippen LogP contribution in [0.15, 0.2) is 35.7 Å². The molecule has 1 aromatic heterocycles. The molecule has 21 heavy (non-hydrogen) atoms. The van der Waals surface area contributed by atoms with E-state index in [0.717, 1.165) is 12.0 Å². The van der Waals surface area contributed by atoms with Gasteiger partial charge in [0.1, 0.15) is 11.2 Å². The first kappa shape index (κ1) is 14.9. The topological polar surface area (TPSA) is 20.3 Å². The Kier molecular flexibility index (Phi) is 4.52. The van der Waals surface area contributed by atoms with Crippen LogP contribution in [0, 0.1) is 5.82 Å². The Morgan fingerprint density at radius 3 is 2.95 bits per heavy atom. The van der Waals surface area contributed by atoms with Gasteiger partial charge in [-0.1, -0.05) is 23.7 Å². The van der Waals surface area contributed by atoms with Crippen molar-refractivity contribution in [1.82, 2.24) is 4.90 Å². The lowest BCUT2D eigenvalue weighted by Crippen LogP contribution is -2.30. The minimum atomic E-state index is -0.431. The molecule has 2 aromatic rings. The molecule has 1 aliphatic heterocycles. The molecule has 0 spiro atoms. The summed E-state index contributed by atoms with van der Waals surface area (Å²) >= 11 is 9.10. The Bertz CT molecular complexity index is 647. The Balaban J connectivity index is 1.76.